The average Bonchev–Trinajstić information content (AvgIpc) is 2.39. The van der Waals surface area contributed by atoms with Crippen LogP contribution in [0.1, 0.15) is 38.0 Å². The third-order valence-electron chi connectivity index (χ3n) is 2.37. The molecule has 0 radical (unpaired) electrons. The lowest BCUT2D eigenvalue weighted by molar-refractivity contribution is 0.129. The summed E-state index contributed by atoms with van der Waals surface area (Å²) in [4.78, 5) is 0. The van der Waals surface area contributed by atoms with E-state index < -0.39 is 15.0 Å². The first-order chi connectivity index (χ1) is 8.29. The average molecular weight is 254 g/mol. The minimum absolute atomic E-state index is 0.589. The van der Waals surface area contributed by atoms with Crippen LogP contribution in [0.3, 0.4) is 0 Å². The Hall–Kier alpha value is -0.683. The lowest BCUT2D eigenvalue weighted by Gasteiger charge is -2.21. The molecule has 0 saturated heterocycles. The fourth-order valence-corrected chi connectivity index (χ4v) is 3.44. The smallest absolute Gasteiger partial charge is 0.355 e. The van der Waals surface area contributed by atoms with Crippen molar-refractivity contribution in [2.75, 3.05) is 13.2 Å². The molecule has 1 aromatic carbocycles. The topological polar surface area (TPSA) is 38.7 Å². The Balaban J connectivity index is 2.61. The molecule has 4 heteroatoms. The van der Waals surface area contributed by atoms with Gasteiger partial charge in [-0.15, -0.1) is 0 Å². The number of aliphatic hydroxyl groups is 1. The molecule has 0 amide bonds. The van der Waals surface area contributed by atoms with E-state index >= 15 is 0 Å². The normalized spacial score (nSPS) is 12.9. The Morgan fingerprint density at radius 1 is 1.06 bits per heavy atom. The van der Waals surface area contributed by atoms with Gasteiger partial charge in [0.2, 0.25) is 0 Å². The summed E-state index contributed by atoms with van der Waals surface area (Å²) in [5.41, 5.74) is 0.297. The SMILES string of the molecule is CCCO[SiH](OCCC)C(O)c1ccccc1. The standard InChI is InChI=1S/C13H22O3Si/c1-3-10-15-17(16-11-4-2)13(14)12-8-6-5-7-9-12/h5-9,13-14,17H,3-4,10-11H2,1-2H3. The Morgan fingerprint density at radius 3 is 2.06 bits per heavy atom. The molecule has 0 aliphatic rings. The quantitative estimate of drug-likeness (QED) is 0.724. The van der Waals surface area contributed by atoms with Crippen LogP contribution in [0.5, 0.6) is 0 Å². The second kappa shape index (κ2) is 8.41. The molecular weight excluding hydrogens is 232 g/mol. The van der Waals surface area contributed by atoms with Crippen molar-refractivity contribution in [1.29, 1.82) is 0 Å². The van der Waals surface area contributed by atoms with Gasteiger partial charge >= 0.3 is 9.28 Å². The van der Waals surface area contributed by atoms with Crippen molar-refractivity contribution < 1.29 is 14.0 Å². The van der Waals surface area contributed by atoms with Crippen LogP contribution in [-0.4, -0.2) is 27.6 Å². The molecule has 0 aliphatic heterocycles. The van der Waals surface area contributed by atoms with Gasteiger partial charge in [-0.2, -0.15) is 0 Å². The zero-order chi connectivity index (χ0) is 12.5. The van der Waals surface area contributed by atoms with Crippen molar-refractivity contribution in [3.63, 3.8) is 0 Å². The van der Waals surface area contributed by atoms with Crippen LogP contribution < -0.4 is 0 Å². The summed E-state index contributed by atoms with van der Waals surface area (Å²) in [6, 6.07) is 9.60. The Kier molecular flexibility index (Phi) is 7.12. The monoisotopic (exact) mass is 254 g/mol. The predicted octanol–water partition coefficient (Wildman–Crippen LogP) is 2.33. The molecule has 1 N–H and O–H groups in total. The Bertz CT molecular complexity index is 284. The number of rotatable bonds is 8. The van der Waals surface area contributed by atoms with Gasteiger partial charge < -0.3 is 14.0 Å². The number of benzene rings is 1. The van der Waals surface area contributed by atoms with E-state index in [1.807, 2.05) is 30.3 Å². The highest BCUT2D eigenvalue weighted by atomic mass is 28.3. The van der Waals surface area contributed by atoms with Gasteiger partial charge in [0.25, 0.3) is 0 Å². The van der Waals surface area contributed by atoms with Crippen LogP contribution in [-0.2, 0) is 8.85 Å². The highest BCUT2D eigenvalue weighted by molar-refractivity contribution is 6.45. The lowest BCUT2D eigenvalue weighted by atomic mass is 10.2. The zero-order valence-electron chi connectivity index (χ0n) is 10.6. The molecule has 0 aliphatic carbocycles. The summed E-state index contributed by atoms with van der Waals surface area (Å²) in [5, 5.41) is 10.2. The Labute approximate surface area is 105 Å². The van der Waals surface area contributed by atoms with E-state index in [4.69, 9.17) is 8.85 Å². The minimum atomic E-state index is -2.03. The fraction of sp³-hybridized carbons (Fsp3) is 0.538. The molecule has 1 aromatic rings. The summed E-state index contributed by atoms with van der Waals surface area (Å²) in [6.45, 7) is 5.43. The molecule has 0 aromatic heterocycles. The second-order valence-corrected chi connectivity index (χ2v) is 6.00. The molecule has 0 fully saturated rings. The van der Waals surface area contributed by atoms with Crippen molar-refractivity contribution in [2.45, 2.75) is 32.4 Å². The first-order valence-electron chi connectivity index (χ1n) is 6.25. The van der Waals surface area contributed by atoms with Crippen molar-refractivity contribution in [1.82, 2.24) is 0 Å². The summed E-state index contributed by atoms with van der Waals surface area (Å²) in [6.07, 6.45) is 1.89. The maximum atomic E-state index is 10.2. The van der Waals surface area contributed by atoms with Gasteiger partial charge in [-0.05, 0) is 18.4 Å². The van der Waals surface area contributed by atoms with E-state index in [0.29, 0.717) is 13.2 Å². The summed E-state index contributed by atoms with van der Waals surface area (Å²) < 4.78 is 11.4. The van der Waals surface area contributed by atoms with Crippen molar-refractivity contribution >= 4 is 9.28 Å². The molecule has 1 unspecified atom stereocenters. The van der Waals surface area contributed by atoms with Crippen molar-refractivity contribution in [2.24, 2.45) is 0 Å². The van der Waals surface area contributed by atoms with Gasteiger partial charge in [0.1, 0.15) is 5.73 Å². The van der Waals surface area contributed by atoms with Gasteiger partial charge in [-0.25, -0.2) is 0 Å². The van der Waals surface area contributed by atoms with Gasteiger partial charge in [0.05, 0.1) is 0 Å². The van der Waals surface area contributed by atoms with Crippen LogP contribution in [0.4, 0.5) is 0 Å². The number of aliphatic hydroxyl groups excluding tert-OH is 1. The third kappa shape index (κ3) is 5.00. The maximum absolute atomic E-state index is 10.2. The van der Waals surface area contributed by atoms with Gasteiger partial charge in [0, 0.05) is 13.2 Å². The van der Waals surface area contributed by atoms with E-state index in [1.165, 1.54) is 0 Å². The molecule has 17 heavy (non-hydrogen) atoms. The molecule has 1 rings (SSSR count). The van der Waals surface area contributed by atoms with Crippen LogP contribution in [0.2, 0.25) is 0 Å². The van der Waals surface area contributed by atoms with Crippen molar-refractivity contribution in [3.05, 3.63) is 35.9 Å². The van der Waals surface area contributed by atoms with Crippen molar-refractivity contribution in [3.8, 4) is 0 Å². The zero-order valence-corrected chi connectivity index (χ0v) is 11.8. The highest BCUT2D eigenvalue weighted by Gasteiger charge is 2.25. The van der Waals surface area contributed by atoms with Crippen LogP contribution in [0.25, 0.3) is 0 Å². The van der Waals surface area contributed by atoms with Gasteiger partial charge in [0.15, 0.2) is 0 Å². The molecule has 1 atom stereocenters. The Morgan fingerprint density at radius 2 is 1.59 bits per heavy atom. The molecule has 3 nitrogen and oxygen atoms in total. The summed E-state index contributed by atoms with van der Waals surface area (Å²) >= 11 is 0. The third-order valence-corrected chi connectivity index (χ3v) is 4.40. The molecule has 0 bridgehead atoms. The predicted molar refractivity (Wildman–Crippen MR) is 71.0 cm³/mol. The molecular formula is C13H22O3Si. The van der Waals surface area contributed by atoms with Gasteiger partial charge in [-0.1, -0.05) is 44.2 Å². The van der Waals surface area contributed by atoms with E-state index in [9.17, 15) is 5.11 Å². The first kappa shape index (κ1) is 14.4. The van der Waals surface area contributed by atoms with Crippen LogP contribution in [0.15, 0.2) is 30.3 Å². The van der Waals surface area contributed by atoms with Crippen LogP contribution in [0, 0.1) is 0 Å². The summed E-state index contributed by atoms with van der Waals surface area (Å²) in [5.74, 6) is 0. The second-order valence-electron chi connectivity index (χ2n) is 3.97. The van der Waals surface area contributed by atoms with E-state index in [1.54, 1.807) is 0 Å². The van der Waals surface area contributed by atoms with Crippen LogP contribution >= 0.6 is 0 Å². The number of hydrogen-bond donors (Lipinski definition) is 1. The van der Waals surface area contributed by atoms with E-state index in [-0.39, 0.29) is 0 Å². The summed E-state index contributed by atoms with van der Waals surface area (Å²) in [7, 11) is -2.03. The molecule has 0 heterocycles. The van der Waals surface area contributed by atoms with Gasteiger partial charge in [-0.3, -0.25) is 0 Å². The highest BCUT2D eigenvalue weighted by Crippen LogP contribution is 2.17. The maximum Gasteiger partial charge on any atom is 0.355 e. The van der Waals surface area contributed by atoms with E-state index in [2.05, 4.69) is 13.8 Å². The lowest BCUT2D eigenvalue weighted by Crippen LogP contribution is -2.32. The first-order valence-corrected chi connectivity index (χ1v) is 7.86. The fourth-order valence-electron chi connectivity index (χ4n) is 1.51. The number of hydrogen-bond acceptors (Lipinski definition) is 3. The largest absolute Gasteiger partial charge is 0.395 e. The molecule has 96 valence electrons. The van der Waals surface area contributed by atoms with E-state index in [0.717, 1.165) is 18.4 Å². The molecule has 0 saturated carbocycles. The minimum Gasteiger partial charge on any atom is -0.395 e. The molecule has 0 spiro atoms.